The van der Waals surface area contributed by atoms with Gasteiger partial charge in [-0.05, 0) is 30.3 Å². The number of methoxy groups -OCH3 is 2. The second-order valence-corrected chi connectivity index (χ2v) is 7.42. The van der Waals surface area contributed by atoms with E-state index in [1.165, 1.54) is 0 Å². The number of halogens is 1. The smallest absolute Gasteiger partial charge is 0.321 e. The predicted octanol–water partition coefficient (Wildman–Crippen LogP) is 3.85. The van der Waals surface area contributed by atoms with E-state index in [9.17, 15) is 4.79 Å². The Labute approximate surface area is 179 Å². The molecule has 0 saturated carbocycles. The van der Waals surface area contributed by atoms with Gasteiger partial charge >= 0.3 is 6.03 Å². The van der Waals surface area contributed by atoms with Crippen molar-refractivity contribution in [1.82, 2.24) is 14.8 Å². The van der Waals surface area contributed by atoms with Crippen molar-refractivity contribution in [1.29, 1.82) is 0 Å². The quantitative estimate of drug-likeness (QED) is 0.662. The average Bonchev–Trinajstić information content (AvgIpc) is 3.15. The largest absolute Gasteiger partial charge is 0.493 e. The molecule has 2 amide bonds. The van der Waals surface area contributed by atoms with Crippen LogP contribution in [0.2, 0.25) is 5.02 Å². The normalized spacial score (nSPS) is 14.7. The molecular weight excluding hydrogens is 408 g/mol. The zero-order chi connectivity index (χ0) is 21.1. The molecule has 8 nitrogen and oxygen atoms in total. The van der Waals surface area contributed by atoms with Crippen molar-refractivity contribution in [2.75, 3.05) is 45.7 Å². The summed E-state index contributed by atoms with van der Waals surface area (Å²) in [5, 5.41) is 3.55. The van der Waals surface area contributed by atoms with Crippen molar-refractivity contribution >= 4 is 34.4 Å². The summed E-state index contributed by atoms with van der Waals surface area (Å²) in [6.45, 7) is 3.30. The fourth-order valence-corrected chi connectivity index (χ4v) is 3.60. The van der Waals surface area contributed by atoms with Crippen molar-refractivity contribution < 1.29 is 18.7 Å². The van der Waals surface area contributed by atoms with Crippen LogP contribution in [-0.2, 0) is 6.54 Å². The highest BCUT2D eigenvalue weighted by atomic mass is 35.5. The van der Waals surface area contributed by atoms with Crippen LogP contribution in [0.5, 0.6) is 11.5 Å². The lowest BCUT2D eigenvalue weighted by Crippen LogP contribution is -2.49. The van der Waals surface area contributed by atoms with Gasteiger partial charge in [-0.2, -0.15) is 0 Å². The Bertz CT molecular complexity index is 1050. The van der Waals surface area contributed by atoms with Gasteiger partial charge < -0.3 is 24.1 Å². The van der Waals surface area contributed by atoms with Crippen LogP contribution in [0, 0.1) is 0 Å². The summed E-state index contributed by atoms with van der Waals surface area (Å²) in [4.78, 5) is 21.1. The lowest BCUT2D eigenvalue weighted by Gasteiger charge is -2.34. The number of carbonyl (C=O) groups excluding carboxylic acids is 1. The van der Waals surface area contributed by atoms with Gasteiger partial charge in [0.1, 0.15) is 5.52 Å². The van der Waals surface area contributed by atoms with Gasteiger partial charge in [0.2, 0.25) is 5.89 Å². The number of carbonyl (C=O) groups is 1. The van der Waals surface area contributed by atoms with Gasteiger partial charge in [-0.1, -0.05) is 11.6 Å². The number of hydrogen-bond acceptors (Lipinski definition) is 6. The van der Waals surface area contributed by atoms with Crippen molar-refractivity contribution in [2.24, 2.45) is 0 Å². The highest BCUT2D eigenvalue weighted by Gasteiger charge is 2.23. The van der Waals surface area contributed by atoms with Crippen molar-refractivity contribution in [3.8, 4) is 11.5 Å². The Morgan fingerprint density at radius 3 is 2.60 bits per heavy atom. The van der Waals surface area contributed by atoms with E-state index >= 15 is 0 Å². The number of oxazole rings is 1. The third-order valence-electron chi connectivity index (χ3n) is 5.05. The molecule has 1 fully saturated rings. The zero-order valence-corrected chi connectivity index (χ0v) is 17.6. The van der Waals surface area contributed by atoms with E-state index in [1.807, 2.05) is 6.07 Å². The third-order valence-corrected chi connectivity index (χ3v) is 5.28. The number of piperazine rings is 1. The number of urea groups is 1. The summed E-state index contributed by atoms with van der Waals surface area (Å²) in [5.74, 6) is 1.83. The van der Waals surface area contributed by atoms with Crippen LogP contribution in [0.1, 0.15) is 5.89 Å². The summed E-state index contributed by atoms with van der Waals surface area (Å²) in [5.41, 5.74) is 2.14. The highest BCUT2D eigenvalue weighted by Crippen LogP contribution is 2.30. The number of aromatic nitrogens is 1. The maximum atomic E-state index is 12.6. The Morgan fingerprint density at radius 2 is 1.87 bits per heavy atom. The molecule has 158 valence electrons. The Balaban J connectivity index is 1.32. The number of hydrogen-bond donors (Lipinski definition) is 1. The van der Waals surface area contributed by atoms with E-state index < -0.39 is 0 Å². The number of nitrogens with one attached hydrogen (secondary N) is 1. The molecule has 1 aliphatic heterocycles. The number of benzene rings is 2. The SMILES string of the molecule is COc1ccc(NC(=O)N2CCN(Cc3nc4cc(Cl)ccc4o3)CC2)cc1OC. The second-order valence-electron chi connectivity index (χ2n) is 6.98. The van der Waals surface area contributed by atoms with E-state index in [-0.39, 0.29) is 6.03 Å². The third kappa shape index (κ3) is 4.44. The van der Waals surface area contributed by atoms with Crippen LogP contribution in [0.25, 0.3) is 11.1 Å². The monoisotopic (exact) mass is 430 g/mol. The maximum absolute atomic E-state index is 12.6. The molecule has 2 aromatic carbocycles. The molecule has 1 aromatic heterocycles. The van der Waals surface area contributed by atoms with Crippen molar-refractivity contribution in [3.63, 3.8) is 0 Å². The molecule has 1 N–H and O–H groups in total. The number of amides is 2. The molecule has 0 bridgehead atoms. The second kappa shape index (κ2) is 8.81. The minimum atomic E-state index is -0.140. The van der Waals surface area contributed by atoms with Gasteiger partial charge in [0, 0.05) is 43.0 Å². The van der Waals surface area contributed by atoms with E-state index in [1.54, 1.807) is 49.5 Å². The first kappa shape index (κ1) is 20.3. The van der Waals surface area contributed by atoms with Crippen LogP contribution in [-0.4, -0.2) is 61.2 Å². The van der Waals surface area contributed by atoms with Gasteiger partial charge in [0.05, 0.1) is 20.8 Å². The maximum Gasteiger partial charge on any atom is 0.321 e. The lowest BCUT2D eigenvalue weighted by molar-refractivity contribution is 0.136. The van der Waals surface area contributed by atoms with Gasteiger partial charge in [-0.15, -0.1) is 0 Å². The molecule has 0 radical (unpaired) electrons. The lowest BCUT2D eigenvalue weighted by atomic mass is 10.2. The van der Waals surface area contributed by atoms with Gasteiger partial charge in [0.25, 0.3) is 0 Å². The first-order valence-electron chi connectivity index (χ1n) is 9.61. The minimum absolute atomic E-state index is 0.140. The summed E-state index contributed by atoms with van der Waals surface area (Å²) in [6, 6.07) is 10.6. The predicted molar refractivity (Wildman–Crippen MR) is 114 cm³/mol. The fraction of sp³-hybridized carbons (Fsp3) is 0.333. The summed E-state index contributed by atoms with van der Waals surface area (Å²) in [7, 11) is 3.14. The van der Waals surface area contributed by atoms with Crippen LogP contribution in [0.4, 0.5) is 10.5 Å². The van der Waals surface area contributed by atoms with Crippen LogP contribution >= 0.6 is 11.6 Å². The highest BCUT2D eigenvalue weighted by molar-refractivity contribution is 6.31. The average molecular weight is 431 g/mol. The van der Waals surface area contributed by atoms with E-state index in [0.29, 0.717) is 47.7 Å². The first-order valence-corrected chi connectivity index (χ1v) is 9.99. The molecule has 30 heavy (non-hydrogen) atoms. The number of fused-ring (bicyclic) bond motifs is 1. The van der Waals surface area contributed by atoms with E-state index in [0.717, 1.165) is 24.2 Å². The van der Waals surface area contributed by atoms with Gasteiger partial charge in [-0.3, -0.25) is 4.90 Å². The molecule has 0 aliphatic carbocycles. The molecule has 2 heterocycles. The topological polar surface area (TPSA) is 80.1 Å². The standard InChI is InChI=1S/C21H23ClN4O4/c1-28-18-6-4-15(12-19(18)29-2)23-21(27)26-9-7-25(8-10-26)13-20-24-16-11-14(22)3-5-17(16)30-20/h3-6,11-12H,7-10,13H2,1-2H3,(H,23,27). The molecular formula is C21H23ClN4O4. The van der Waals surface area contributed by atoms with Crippen molar-refractivity contribution in [2.45, 2.75) is 6.54 Å². The Hall–Kier alpha value is -2.97. The van der Waals surface area contributed by atoms with Gasteiger partial charge in [0.15, 0.2) is 17.1 Å². The van der Waals surface area contributed by atoms with Crippen LogP contribution in [0.3, 0.4) is 0 Å². The molecule has 4 rings (SSSR count). The van der Waals surface area contributed by atoms with Crippen LogP contribution in [0.15, 0.2) is 40.8 Å². The zero-order valence-electron chi connectivity index (χ0n) is 16.9. The number of anilines is 1. The summed E-state index contributed by atoms with van der Waals surface area (Å²) >= 11 is 6.01. The van der Waals surface area contributed by atoms with Crippen molar-refractivity contribution in [3.05, 3.63) is 47.3 Å². The number of rotatable bonds is 5. The molecule has 1 aliphatic rings. The molecule has 1 saturated heterocycles. The molecule has 9 heteroatoms. The van der Waals surface area contributed by atoms with E-state index in [4.69, 9.17) is 25.5 Å². The summed E-state index contributed by atoms with van der Waals surface area (Å²) < 4.78 is 16.3. The molecule has 0 spiro atoms. The molecule has 3 aromatic rings. The molecule has 0 unspecified atom stereocenters. The Kier molecular flexibility index (Phi) is 5.96. The molecule has 0 atom stereocenters. The first-order chi connectivity index (χ1) is 14.6. The Morgan fingerprint density at radius 1 is 1.10 bits per heavy atom. The minimum Gasteiger partial charge on any atom is -0.493 e. The van der Waals surface area contributed by atoms with Gasteiger partial charge in [-0.25, -0.2) is 9.78 Å². The fourth-order valence-electron chi connectivity index (χ4n) is 3.43. The van der Waals surface area contributed by atoms with E-state index in [2.05, 4.69) is 15.2 Å². The number of ether oxygens (including phenoxy) is 2. The van der Waals surface area contributed by atoms with Crippen LogP contribution < -0.4 is 14.8 Å². The number of nitrogens with zero attached hydrogens (tertiary/aromatic N) is 3. The summed E-state index contributed by atoms with van der Waals surface area (Å²) in [6.07, 6.45) is 0.